The van der Waals surface area contributed by atoms with Gasteiger partial charge in [-0.3, -0.25) is 9.78 Å². The summed E-state index contributed by atoms with van der Waals surface area (Å²) in [5.74, 6) is 0.712. The number of anilines is 2. The third-order valence-electron chi connectivity index (χ3n) is 6.24. The standard InChI is InChI=1S/C26H30N6O/c1-5-31-25(33)21-16-29-24(30-19-7-6-18-15-27-10-8-17(18)12-19)14-22(21)32(31)20-9-11-28-23(13-20)26(2,3)4/h6-7,9,11-14,16,27H,5,8,10,15H2,1-4H3,(H,29,30). The largest absolute Gasteiger partial charge is 0.340 e. The highest BCUT2D eigenvalue weighted by Gasteiger charge is 2.19. The average Bonchev–Trinajstić information content (AvgIpc) is 3.09. The number of rotatable bonds is 4. The molecule has 7 heteroatoms. The minimum atomic E-state index is -0.0907. The Labute approximate surface area is 193 Å². The van der Waals surface area contributed by atoms with Gasteiger partial charge in [0.1, 0.15) is 5.82 Å². The summed E-state index contributed by atoms with van der Waals surface area (Å²) in [5.41, 5.74) is 6.30. The van der Waals surface area contributed by atoms with Crippen molar-refractivity contribution in [3.05, 3.63) is 76.0 Å². The maximum atomic E-state index is 13.1. The van der Waals surface area contributed by atoms with E-state index in [4.69, 9.17) is 0 Å². The number of benzene rings is 1. The quantitative estimate of drug-likeness (QED) is 0.493. The van der Waals surface area contributed by atoms with E-state index in [0.29, 0.717) is 17.7 Å². The molecule has 33 heavy (non-hydrogen) atoms. The van der Waals surface area contributed by atoms with Crippen LogP contribution in [-0.4, -0.2) is 25.9 Å². The van der Waals surface area contributed by atoms with E-state index >= 15 is 0 Å². The van der Waals surface area contributed by atoms with Gasteiger partial charge < -0.3 is 10.6 Å². The van der Waals surface area contributed by atoms with Crippen molar-refractivity contribution in [3.8, 4) is 5.69 Å². The first-order valence-corrected chi connectivity index (χ1v) is 11.5. The van der Waals surface area contributed by atoms with Gasteiger partial charge in [0.15, 0.2) is 0 Å². The maximum absolute atomic E-state index is 13.1. The zero-order valence-electron chi connectivity index (χ0n) is 19.6. The van der Waals surface area contributed by atoms with Gasteiger partial charge in [-0.05, 0) is 55.3 Å². The van der Waals surface area contributed by atoms with E-state index < -0.39 is 0 Å². The Morgan fingerprint density at radius 3 is 2.73 bits per heavy atom. The molecule has 0 radical (unpaired) electrons. The molecule has 5 rings (SSSR count). The lowest BCUT2D eigenvalue weighted by molar-refractivity contribution is 0.558. The van der Waals surface area contributed by atoms with Crippen LogP contribution in [0.3, 0.4) is 0 Å². The molecule has 4 aromatic rings. The lowest BCUT2D eigenvalue weighted by Gasteiger charge is -2.19. The molecule has 0 saturated heterocycles. The normalized spacial score (nSPS) is 13.8. The molecule has 0 unspecified atom stereocenters. The van der Waals surface area contributed by atoms with Crippen molar-refractivity contribution in [3.63, 3.8) is 0 Å². The molecule has 0 aliphatic carbocycles. The second-order valence-electron chi connectivity index (χ2n) is 9.60. The van der Waals surface area contributed by atoms with E-state index in [2.05, 4.69) is 65.6 Å². The summed E-state index contributed by atoms with van der Waals surface area (Å²) in [7, 11) is 0. The molecule has 7 nitrogen and oxygen atoms in total. The van der Waals surface area contributed by atoms with Crippen LogP contribution < -0.4 is 16.2 Å². The maximum Gasteiger partial charge on any atom is 0.276 e. The molecule has 0 amide bonds. The number of aromatic nitrogens is 4. The predicted molar refractivity (Wildman–Crippen MR) is 133 cm³/mol. The Balaban J connectivity index is 1.60. The molecule has 2 N–H and O–H groups in total. The lowest BCUT2D eigenvalue weighted by atomic mass is 9.91. The number of pyridine rings is 2. The van der Waals surface area contributed by atoms with Crippen LogP contribution in [0.25, 0.3) is 16.6 Å². The van der Waals surface area contributed by atoms with Crippen LogP contribution in [0.1, 0.15) is 44.5 Å². The summed E-state index contributed by atoms with van der Waals surface area (Å²) >= 11 is 0. The number of fused-ring (bicyclic) bond motifs is 2. The van der Waals surface area contributed by atoms with Gasteiger partial charge in [-0.2, -0.15) is 0 Å². The van der Waals surface area contributed by atoms with E-state index in [1.807, 2.05) is 29.9 Å². The Hall–Kier alpha value is -3.45. The second-order valence-corrected chi connectivity index (χ2v) is 9.60. The molecule has 1 aromatic carbocycles. The average molecular weight is 443 g/mol. The zero-order valence-corrected chi connectivity index (χ0v) is 19.6. The zero-order chi connectivity index (χ0) is 23.2. The lowest BCUT2D eigenvalue weighted by Crippen LogP contribution is -2.23. The summed E-state index contributed by atoms with van der Waals surface area (Å²) in [6.45, 7) is 10.9. The fourth-order valence-electron chi connectivity index (χ4n) is 4.44. The smallest absolute Gasteiger partial charge is 0.276 e. The van der Waals surface area contributed by atoms with Crippen molar-refractivity contribution in [1.29, 1.82) is 0 Å². The Kier molecular flexibility index (Phi) is 5.29. The van der Waals surface area contributed by atoms with E-state index in [1.165, 1.54) is 11.1 Å². The van der Waals surface area contributed by atoms with Crippen molar-refractivity contribution in [2.45, 2.75) is 52.6 Å². The highest BCUT2D eigenvalue weighted by molar-refractivity contribution is 5.82. The fraction of sp³-hybridized carbons (Fsp3) is 0.346. The first-order valence-electron chi connectivity index (χ1n) is 11.5. The molecule has 1 aliphatic rings. The van der Waals surface area contributed by atoms with E-state index in [0.717, 1.165) is 42.1 Å². The van der Waals surface area contributed by atoms with Gasteiger partial charge in [0.25, 0.3) is 5.56 Å². The van der Waals surface area contributed by atoms with Crippen molar-refractivity contribution in [2.24, 2.45) is 0 Å². The van der Waals surface area contributed by atoms with Crippen molar-refractivity contribution >= 4 is 22.4 Å². The third kappa shape index (κ3) is 3.93. The first-order chi connectivity index (χ1) is 15.8. The summed E-state index contributed by atoms with van der Waals surface area (Å²) in [5, 5.41) is 7.45. The van der Waals surface area contributed by atoms with E-state index in [9.17, 15) is 4.79 Å². The van der Waals surface area contributed by atoms with E-state index in [1.54, 1.807) is 10.9 Å². The van der Waals surface area contributed by atoms with Crippen LogP contribution in [0.2, 0.25) is 0 Å². The van der Waals surface area contributed by atoms with Crippen molar-refractivity contribution < 1.29 is 0 Å². The molecule has 0 saturated carbocycles. The fourth-order valence-corrected chi connectivity index (χ4v) is 4.44. The molecule has 3 aromatic heterocycles. The summed E-state index contributed by atoms with van der Waals surface area (Å²) in [6, 6.07) is 12.4. The minimum Gasteiger partial charge on any atom is -0.340 e. The van der Waals surface area contributed by atoms with Gasteiger partial charge in [0.2, 0.25) is 0 Å². The molecule has 1 aliphatic heterocycles. The topological polar surface area (TPSA) is 76.8 Å². The van der Waals surface area contributed by atoms with Crippen LogP contribution in [0.15, 0.2) is 53.6 Å². The molecular weight excluding hydrogens is 412 g/mol. The van der Waals surface area contributed by atoms with Crippen LogP contribution in [0.5, 0.6) is 0 Å². The summed E-state index contributed by atoms with van der Waals surface area (Å²) in [6.07, 6.45) is 4.51. The van der Waals surface area contributed by atoms with Crippen LogP contribution in [-0.2, 0) is 24.9 Å². The molecular formula is C26H30N6O. The molecule has 0 spiro atoms. The van der Waals surface area contributed by atoms with Gasteiger partial charge >= 0.3 is 0 Å². The Morgan fingerprint density at radius 1 is 1.09 bits per heavy atom. The predicted octanol–water partition coefficient (Wildman–Crippen LogP) is 4.29. The summed E-state index contributed by atoms with van der Waals surface area (Å²) < 4.78 is 3.74. The molecule has 0 fully saturated rings. The van der Waals surface area contributed by atoms with Gasteiger partial charge in [0, 0.05) is 48.3 Å². The molecule has 0 bridgehead atoms. The van der Waals surface area contributed by atoms with Crippen molar-refractivity contribution in [1.82, 2.24) is 24.6 Å². The van der Waals surface area contributed by atoms with Gasteiger partial charge in [-0.1, -0.05) is 26.8 Å². The monoisotopic (exact) mass is 442 g/mol. The van der Waals surface area contributed by atoms with Crippen molar-refractivity contribution in [2.75, 3.05) is 11.9 Å². The van der Waals surface area contributed by atoms with Crippen LogP contribution in [0.4, 0.5) is 11.5 Å². The second kappa shape index (κ2) is 8.15. The first kappa shape index (κ1) is 21.4. The number of hydrogen-bond donors (Lipinski definition) is 2. The number of nitrogens with zero attached hydrogens (tertiary/aromatic N) is 4. The highest BCUT2D eigenvalue weighted by Crippen LogP contribution is 2.26. The van der Waals surface area contributed by atoms with Crippen LogP contribution in [0, 0.1) is 0 Å². The Morgan fingerprint density at radius 2 is 1.94 bits per heavy atom. The SMILES string of the molecule is CCn1c(=O)c2cnc(Nc3ccc4c(c3)CCNC4)cc2n1-c1ccnc(C(C)(C)C)c1. The van der Waals surface area contributed by atoms with Gasteiger partial charge in [0.05, 0.1) is 16.6 Å². The van der Waals surface area contributed by atoms with Gasteiger partial charge in [-0.15, -0.1) is 0 Å². The third-order valence-corrected chi connectivity index (χ3v) is 6.24. The highest BCUT2D eigenvalue weighted by atomic mass is 16.1. The minimum absolute atomic E-state index is 0.0399. The molecule has 0 atom stereocenters. The van der Waals surface area contributed by atoms with Crippen LogP contribution >= 0.6 is 0 Å². The summed E-state index contributed by atoms with van der Waals surface area (Å²) in [4.78, 5) is 22.2. The van der Waals surface area contributed by atoms with Gasteiger partial charge in [-0.25, -0.2) is 14.3 Å². The number of nitrogens with one attached hydrogen (secondary N) is 2. The molecule has 4 heterocycles. The Bertz CT molecular complexity index is 1390. The van der Waals surface area contributed by atoms with E-state index in [-0.39, 0.29) is 11.0 Å². The molecule has 170 valence electrons. The number of hydrogen-bond acceptors (Lipinski definition) is 5.